The Hall–Kier alpha value is -0.120. The minimum Gasteiger partial charge on any atom is -0.375 e. The lowest BCUT2D eigenvalue weighted by Gasteiger charge is -2.39. The molecule has 3 rings (SSSR count). The lowest BCUT2D eigenvalue weighted by atomic mass is 9.88. The maximum Gasteiger partial charge on any atom is 0.0697 e. The second-order valence-electron chi connectivity index (χ2n) is 6.75. The molecule has 3 aliphatic rings. The highest BCUT2D eigenvalue weighted by Crippen LogP contribution is 2.39. The Morgan fingerprint density at radius 1 is 1.28 bits per heavy atom. The van der Waals surface area contributed by atoms with E-state index in [-0.39, 0.29) is 5.60 Å². The van der Waals surface area contributed by atoms with Crippen molar-refractivity contribution in [1.82, 2.24) is 10.2 Å². The van der Waals surface area contributed by atoms with Gasteiger partial charge in [-0.25, -0.2) is 0 Å². The van der Waals surface area contributed by atoms with E-state index in [9.17, 15) is 0 Å². The normalized spacial score (nSPS) is 36.5. The predicted molar refractivity (Wildman–Crippen MR) is 73.8 cm³/mol. The van der Waals surface area contributed by atoms with Gasteiger partial charge in [0.05, 0.1) is 5.60 Å². The van der Waals surface area contributed by atoms with Crippen LogP contribution in [-0.2, 0) is 4.74 Å². The van der Waals surface area contributed by atoms with Crippen LogP contribution in [0.3, 0.4) is 0 Å². The molecule has 3 heteroatoms. The SMILES string of the molecule is CN1CCC(CNC2CCOC3(CCCC3)C2)C1. The molecule has 0 aromatic carbocycles. The molecule has 3 fully saturated rings. The molecule has 2 heterocycles. The molecule has 1 aliphatic carbocycles. The van der Waals surface area contributed by atoms with Crippen LogP contribution in [0.2, 0.25) is 0 Å². The third-order valence-electron chi connectivity index (χ3n) is 5.19. The van der Waals surface area contributed by atoms with E-state index in [1.165, 1.54) is 64.6 Å². The van der Waals surface area contributed by atoms with E-state index in [2.05, 4.69) is 17.3 Å². The number of likely N-dealkylation sites (tertiary alicyclic amines) is 1. The van der Waals surface area contributed by atoms with Gasteiger partial charge in [-0.15, -0.1) is 0 Å². The molecule has 2 aliphatic heterocycles. The molecule has 1 spiro atoms. The second-order valence-corrected chi connectivity index (χ2v) is 6.75. The Balaban J connectivity index is 1.45. The minimum absolute atomic E-state index is 0.266. The van der Waals surface area contributed by atoms with Crippen LogP contribution in [0.4, 0.5) is 0 Å². The molecular formula is C15H28N2O. The summed E-state index contributed by atoms with van der Waals surface area (Å²) in [5.41, 5.74) is 0.266. The van der Waals surface area contributed by atoms with Crippen LogP contribution >= 0.6 is 0 Å². The van der Waals surface area contributed by atoms with Gasteiger partial charge in [-0.1, -0.05) is 12.8 Å². The van der Waals surface area contributed by atoms with Crippen molar-refractivity contribution in [2.45, 2.75) is 56.6 Å². The molecule has 0 aromatic rings. The number of hydrogen-bond acceptors (Lipinski definition) is 3. The molecule has 18 heavy (non-hydrogen) atoms. The largest absolute Gasteiger partial charge is 0.375 e. The number of rotatable bonds is 3. The minimum atomic E-state index is 0.266. The Bertz CT molecular complexity index is 276. The summed E-state index contributed by atoms with van der Waals surface area (Å²) in [7, 11) is 2.24. The van der Waals surface area contributed by atoms with E-state index >= 15 is 0 Å². The van der Waals surface area contributed by atoms with E-state index < -0.39 is 0 Å². The number of ether oxygens (including phenoxy) is 1. The highest BCUT2D eigenvalue weighted by atomic mass is 16.5. The van der Waals surface area contributed by atoms with Crippen molar-refractivity contribution in [1.29, 1.82) is 0 Å². The van der Waals surface area contributed by atoms with E-state index in [4.69, 9.17) is 4.74 Å². The summed E-state index contributed by atoms with van der Waals surface area (Å²) >= 11 is 0. The highest BCUT2D eigenvalue weighted by molar-refractivity contribution is 4.93. The van der Waals surface area contributed by atoms with Crippen LogP contribution in [-0.4, -0.2) is 49.8 Å². The average Bonchev–Trinajstić information content (AvgIpc) is 2.97. The monoisotopic (exact) mass is 252 g/mol. The van der Waals surface area contributed by atoms with Crippen LogP contribution < -0.4 is 5.32 Å². The van der Waals surface area contributed by atoms with E-state index in [1.54, 1.807) is 0 Å². The molecule has 2 atom stereocenters. The third-order valence-corrected chi connectivity index (χ3v) is 5.19. The van der Waals surface area contributed by atoms with Crippen LogP contribution in [0.25, 0.3) is 0 Å². The zero-order chi connectivity index (χ0) is 12.4. The maximum absolute atomic E-state index is 6.10. The first-order valence-corrected chi connectivity index (χ1v) is 7.82. The fourth-order valence-corrected chi connectivity index (χ4v) is 4.10. The molecule has 0 aromatic heterocycles. The zero-order valence-corrected chi connectivity index (χ0v) is 11.8. The van der Waals surface area contributed by atoms with Crippen molar-refractivity contribution in [3.05, 3.63) is 0 Å². The second kappa shape index (κ2) is 5.48. The van der Waals surface area contributed by atoms with Gasteiger partial charge in [0.25, 0.3) is 0 Å². The van der Waals surface area contributed by atoms with Crippen LogP contribution in [0.1, 0.15) is 44.9 Å². The summed E-state index contributed by atoms with van der Waals surface area (Å²) in [6, 6.07) is 0.711. The van der Waals surface area contributed by atoms with Gasteiger partial charge in [-0.05, 0) is 58.2 Å². The molecule has 1 saturated carbocycles. The third kappa shape index (κ3) is 2.89. The molecule has 2 unspecified atom stereocenters. The van der Waals surface area contributed by atoms with Crippen molar-refractivity contribution in [2.75, 3.05) is 33.3 Å². The lowest BCUT2D eigenvalue weighted by molar-refractivity contribution is -0.0838. The fraction of sp³-hybridized carbons (Fsp3) is 1.00. The highest BCUT2D eigenvalue weighted by Gasteiger charge is 2.39. The topological polar surface area (TPSA) is 24.5 Å². The van der Waals surface area contributed by atoms with E-state index in [1.807, 2.05) is 0 Å². The smallest absolute Gasteiger partial charge is 0.0697 e. The van der Waals surface area contributed by atoms with Gasteiger partial charge >= 0.3 is 0 Å². The summed E-state index contributed by atoms with van der Waals surface area (Å²) in [6.07, 6.45) is 9.20. The summed E-state index contributed by atoms with van der Waals surface area (Å²) in [6.45, 7) is 4.75. The van der Waals surface area contributed by atoms with Crippen molar-refractivity contribution >= 4 is 0 Å². The van der Waals surface area contributed by atoms with Gasteiger partial charge in [0, 0.05) is 19.2 Å². The Labute approximate surface area is 111 Å². The first-order valence-electron chi connectivity index (χ1n) is 7.82. The van der Waals surface area contributed by atoms with Crippen molar-refractivity contribution in [3.63, 3.8) is 0 Å². The Kier molecular flexibility index (Phi) is 3.92. The van der Waals surface area contributed by atoms with Crippen LogP contribution in [0.15, 0.2) is 0 Å². The molecule has 2 saturated heterocycles. The summed E-state index contributed by atoms with van der Waals surface area (Å²) in [4.78, 5) is 2.45. The average molecular weight is 252 g/mol. The molecule has 0 radical (unpaired) electrons. The predicted octanol–water partition coefficient (Wildman–Crippen LogP) is 2.02. The van der Waals surface area contributed by atoms with Gasteiger partial charge in [0.15, 0.2) is 0 Å². The molecule has 0 bridgehead atoms. The molecule has 3 nitrogen and oxygen atoms in total. The van der Waals surface area contributed by atoms with Gasteiger partial charge in [-0.2, -0.15) is 0 Å². The first-order chi connectivity index (χ1) is 8.76. The standard InChI is InChI=1S/C15H28N2O/c1-17-8-4-13(12-17)11-16-14-5-9-18-15(10-14)6-2-3-7-15/h13-14,16H,2-12H2,1H3. The van der Waals surface area contributed by atoms with Crippen LogP contribution in [0, 0.1) is 5.92 Å². The lowest BCUT2D eigenvalue weighted by Crippen LogP contribution is -2.46. The summed E-state index contributed by atoms with van der Waals surface area (Å²) in [5.74, 6) is 0.873. The van der Waals surface area contributed by atoms with E-state index in [0.717, 1.165) is 12.5 Å². The molecular weight excluding hydrogens is 224 g/mol. The first kappa shape index (κ1) is 12.9. The maximum atomic E-state index is 6.10. The molecule has 1 N–H and O–H groups in total. The van der Waals surface area contributed by atoms with Gasteiger partial charge in [-0.3, -0.25) is 0 Å². The van der Waals surface area contributed by atoms with Crippen molar-refractivity contribution in [2.24, 2.45) is 5.92 Å². The van der Waals surface area contributed by atoms with Crippen LogP contribution in [0.5, 0.6) is 0 Å². The fourth-order valence-electron chi connectivity index (χ4n) is 4.10. The van der Waals surface area contributed by atoms with Gasteiger partial charge in [0.1, 0.15) is 0 Å². The number of nitrogens with one attached hydrogen (secondary N) is 1. The number of hydrogen-bond donors (Lipinski definition) is 1. The van der Waals surface area contributed by atoms with Gasteiger partial charge in [0.2, 0.25) is 0 Å². The Morgan fingerprint density at radius 3 is 2.83 bits per heavy atom. The quantitative estimate of drug-likeness (QED) is 0.831. The molecule has 0 amide bonds. The van der Waals surface area contributed by atoms with Gasteiger partial charge < -0.3 is 15.0 Å². The van der Waals surface area contributed by atoms with E-state index in [0.29, 0.717) is 6.04 Å². The molecule has 104 valence electrons. The Morgan fingerprint density at radius 2 is 2.11 bits per heavy atom. The zero-order valence-electron chi connectivity index (χ0n) is 11.8. The summed E-state index contributed by atoms with van der Waals surface area (Å²) in [5, 5.41) is 3.83. The summed E-state index contributed by atoms with van der Waals surface area (Å²) < 4.78 is 6.10. The van der Waals surface area contributed by atoms with Crippen molar-refractivity contribution in [3.8, 4) is 0 Å². The van der Waals surface area contributed by atoms with Crippen molar-refractivity contribution < 1.29 is 4.74 Å². The number of nitrogens with zero attached hydrogens (tertiary/aromatic N) is 1.